The van der Waals surface area contributed by atoms with Gasteiger partial charge in [0.15, 0.2) is 0 Å². The van der Waals surface area contributed by atoms with Gasteiger partial charge >= 0.3 is 0 Å². The van der Waals surface area contributed by atoms with E-state index in [4.69, 9.17) is 4.98 Å². The average molecular weight is 495 g/mol. The summed E-state index contributed by atoms with van der Waals surface area (Å²) < 4.78 is 0. The predicted molar refractivity (Wildman–Crippen MR) is 151 cm³/mol. The quantitative estimate of drug-likeness (QED) is 0.397. The first-order valence-electron chi connectivity index (χ1n) is 12.9. The van der Waals surface area contributed by atoms with E-state index in [1.165, 1.54) is 0 Å². The molecule has 0 radical (unpaired) electrons. The van der Waals surface area contributed by atoms with Crippen molar-refractivity contribution in [3.8, 4) is 11.1 Å². The van der Waals surface area contributed by atoms with E-state index < -0.39 is 0 Å². The number of benzene rings is 3. The third-order valence-electron chi connectivity index (χ3n) is 6.80. The third kappa shape index (κ3) is 6.50. The normalized spacial score (nSPS) is 14.3. The molecule has 4 aromatic rings. The van der Waals surface area contributed by atoms with Gasteiger partial charge in [0, 0.05) is 45.0 Å². The van der Waals surface area contributed by atoms with E-state index >= 15 is 0 Å². The third-order valence-corrected chi connectivity index (χ3v) is 6.80. The van der Waals surface area contributed by atoms with E-state index in [2.05, 4.69) is 51.2 Å². The second-order valence-electron chi connectivity index (χ2n) is 9.85. The van der Waals surface area contributed by atoms with Gasteiger partial charge in [-0.25, -0.2) is 4.98 Å². The number of likely N-dealkylation sites (N-methyl/N-ethyl adjacent to an activating group) is 1. The minimum Gasteiger partial charge on any atom is -0.353 e. The van der Waals surface area contributed by atoms with Crippen LogP contribution in [0, 0.1) is 0 Å². The first-order valence-corrected chi connectivity index (χ1v) is 12.9. The van der Waals surface area contributed by atoms with Crippen LogP contribution in [0.3, 0.4) is 0 Å². The molecule has 1 N–H and O–H groups in total. The molecule has 0 spiro atoms. The van der Waals surface area contributed by atoms with E-state index in [9.17, 15) is 4.79 Å². The van der Waals surface area contributed by atoms with Gasteiger partial charge in [-0.3, -0.25) is 14.7 Å². The topological polar surface area (TPSA) is 64.6 Å². The maximum atomic E-state index is 12.4. The number of nitrogens with one attached hydrogen (secondary N) is 1. The summed E-state index contributed by atoms with van der Waals surface area (Å²) in [7, 11) is 4.24. The van der Waals surface area contributed by atoms with Crippen molar-refractivity contribution in [2.45, 2.75) is 6.42 Å². The molecule has 1 aromatic heterocycles. The Balaban J connectivity index is 1.24. The highest BCUT2D eigenvalue weighted by atomic mass is 16.1. The van der Waals surface area contributed by atoms with Crippen molar-refractivity contribution in [2.75, 3.05) is 63.6 Å². The number of nitrogens with zero attached hydrogens (tertiary/aromatic N) is 5. The summed E-state index contributed by atoms with van der Waals surface area (Å²) in [5, 5.41) is 2.99. The summed E-state index contributed by atoms with van der Waals surface area (Å²) in [5.41, 5.74) is 5.73. The summed E-state index contributed by atoms with van der Waals surface area (Å²) in [4.78, 5) is 29.1. The van der Waals surface area contributed by atoms with E-state index in [0.717, 1.165) is 78.5 Å². The van der Waals surface area contributed by atoms with Crippen LogP contribution in [0.4, 0.5) is 11.5 Å². The van der Waals surface area contributed by atoms with Crippen molar-refractivity contribution in [1.82, 2.24) is 19.8 Å². The Labute approximate surface area is 218 Å². The molecule has 0 saturated carbocycles. The number of aromatic nitrogens is 2. The van der Waals surface area contributed by atoms with Crippen molar-refractivity contribution in [3.05, 3.63) is 84.6 Å². The molecule has 7 heteroatoms. The van der Waals surface area contributed by atoms with Crippen LogP contribution in [-0.2, 0) is 11.2 Å². The number of carbonyl (C=O) groups excluding carboxylic acids is 1. The molecule has 1 saturated heterocycles. The Morgan fingerprint density at radius 1 is 0.892 bits per heavy atom. The van der Waals surface area contributed by atoms with Crippen molar-refractivity contribution in [1.29, 1.82) is 0 Å². The van der Waals surface area contributed by atoms with Crippen LogP contribution >= 0.6 is 0 Å². The maximum Gasteiger partial charge on any atom is 0.228 e. The minimum atomic E-state index is -0.0222. The number of piperazine rings is 1. The van der Waals surface area contributed by atoms with Gasteiger partial charge in [-0.1, -0.05) is 48.5 Å². The molecule has 1 fully saturated rings. The fraction of sp³-hybridized carbons (Fsp3) is 0.300. The number of hydrogen-bond acceptors (Lipinski definition) is 6. The Morgan fingerprint density at radius 3 is 2.35 bits per heavy atom. The highest BCUT2D eigenvalue weighted by Gasteiger charge is 2.18. The predicted octanol–water partition coefficient (Wildman–Crippen LogP) is 4.16. The summed E-state index contributed by atoms with van der Waals surface area (Å²) in [6.07, 6.45) is 2.25. The van der Waals surface area contributed by atoms with Crippen LogP contribution in [0.25, 0.3) is 22.2 Å². The second-order valence-corrected chi connectivity index (χ2v) is 9.85. The molecule has 2 heterocycles. The van der Waals surface area contributed by atoms with E-state index in [1.54, 1.807) is 0 Å². The Kier molecular flexibility index (Phi) is 7.73. The molecule has 37 heavy (non-hydrogen) atoms. The smallest absolute Gasteiger partial charge is 0.228 e. The van der Waals surface area contributed by atoms with Crippen LogP contribution in [-0.4, -0.2) is 79.0 Å². The summed E-state index contributed by atoms with van der Waals surface area (Å²) >= 11 is 0. The number of rotatable bonds is 8. The molecule has 1 aliphatic rings. The van der Waals surface area contributed by atoms with Gasteiger partial charge in [0.05, 0.1) is 23.7 Å². The first-order chi connectivity index (χ1) is 18.0. The highest BCUT2D eigenvalue weighted by Crippen LogP contribution is 2.26. The highest BCUT2D eigenvalue weighted by molar-refractivity contribution is 5.92. The monoisotopic (exact) mass is 494 g/mol. The molecular weight excluding hydrogens is 460 g/mol. The van der Waals surface area contributed by atoms with E-state index in [1.807, 2.05) is 66.9 Å². The Morgan fingerprint density at radius 2 is 1.62 bits per heavy atom. The lowest BCUT2D eigenvalue weighted by molar-refractivity contribution is -0.115. The zero-order valence-corrected chi connectivity index (χ0v) is 21.6. The zero-order valence-electron chi connectivity index (χ0n) is 21.6. The van der Waals surface area contributed by atoms with Gasteiger partial charge in [0.2, 0.25) is 5.91 Å². The van der Waals surface area contributed by atoms with Crippen molar-refractivity contribution in [2.24, 2.45) is 0 Å². The van der Waals surface area contributed by atoms with Gasteiger partial charge in [-0.05, 0) is 55.1 Å². The number of anilines is 2. The number of carbonyl (C=O) groups is 1. The number of hydrogen-bond donors (Lipinski definition) is 1. The molecule has 190 valence electrons. The fourth-order valence-electron chi connectivity index (χ4n) is 4.61. The van der Waals surface area contributed by atoms with Crippen molar-refractivity contribution >= 4 is 28.4 Å². The van der Waals surface area contributed by atoms with Crippen molar-refractivity contribution < 1.29 is 4.79 Å². The molecule has 0 atom stereocenters. The van der Waals surface area contributed by atoms with Crippen LogP contribution in [0.2, 0.25) is 0 Å². The van der Waals surface area contributed by atoms with Gasteiger partial charge in [0.1, 0.15) is 5.82 Å². The molecule has 1 aliphatic heterocycles. The Bertz CT molecular complexity index is 1330. The summed E-state index contributed by atoms with van der Waals surface area (Å²) in [5.74, 6) is 0.916. The second kappa shape index (κ2) is 11.5. The first kappa shape index (κ1) is 24.9. The molecule has 0 unspecified atom stereocenters. The fourth-order valence-corrected chi connectivity index (χ4v) is 4.61. The molecule has 3 aromatic carbocycles. The van der Waals surface area contributed by atoms with Gasteiger partial charge < -0.3 is 15.1 Å². The molecule has 1 amide bonds. The average Bonchev–Trinajstić information content (AvgIpc) is 2.92. The van der Waals surface area contributed by atoms with Crippen molar-refractivity contribution in [3.63, 3.8) is 0 Å². The standard InChI is InChI=1S/C30H34N6O/c1-34(2)14-15-35-16-18-36(19-17-35)29-22-31-27-13-10-25(21-28(27)33-29)24-8-11-26(12-9-24)32-30(37)20-23-6-4-3-5-7-23/h3-13,21-22H,14-20H2,1-2H3,(H,32,37). The van der Waals surface area contributed by atoms with E-state index in [0.29, 0.717) is 6.42 Å². The maximum absolute atomic E-state index is 12.4. The van der Waals surface area contributed by atoms with Crippen LogP contribution in [0.1, 0.15) is 5.56 Å². The molecule has 7 nitrogen and oxygen atoms in total. The number of fused-ring (bicyclic) bond motifs is 1. The molecule has 0 aliphatic carbocycles. The lowest BCUT2D eigenvalue weighted by Gasteiger charge is -2.35. The van der Waals surface area contributed by atoms with Crippen LogP contribution < -0.4 is 10.2 Å². The Hall–Kier alpha value is -3.81. The lowest BCUT2D eigenvalue weighted by atomic mass is 10.0. The van der Waals surface area contributed by atoms with Gasteiger partial charge in [-0.2, -0.15) is 0 Å². The minimum absolute atomic E-state index is 0.0222. The van der Waals surface area contributed by atoms with Gasteiger partial charge in [0.25, 0.3) is 0 Å². The molecular formula is C30H34N6O. The largest absolute Gasteiger partial charge is 0.353 e. The zero-order chi connectivity index (χ0) is 25.6. The lowest BCUT2D eigenvalue weighted by Crippen LogP contribution is -2.48. The van der Waals surface area contributed by atoms with Gasteiger partial charge in [-0.15, -0.1) is 0 Å². The SMILES string of the molecule is CN(C)CCN1CCN(c2cnc3ccc(-c4ccc(NC(=O)Cc5ccccc5)cc4)cc3n2)CC1. The summed E-state index contributed by atoms with van der Waals surface area (Å²) in [6, 6.07) is 23.9. The van der Waals surface area contributed by atoms with E-state index in [-0.39, 0.29) is 5.91 Å². The van der Waals surface area contributed by atoms with Crippen LogP contribution in [0.15, 0.2) is 79.0 Å². The summed E-state index contributed by atoms with van der Waals surface area (Å²) in [6.45, 7) is 6.20. The molecule has 0 bridgehead atoms. The van der Waals surface area contributed by atoms with Crippen LogP contribution in [0.5, 0.6) is 0 Å². The number of amides is 1. The molecule has 5 rings (SSSR count).